The Morgan fingerprint density at radius 1 is 0.350 bits per heavy atom. The molecular formula is C48H28N3O8Zn-. The first kappa shape index (κ1) is 39.0. The zero-order valence-corrected chi connectivity index (χ0v) is 34.3. The third kappa shape index (κ3) is 6.95. The van der Waals surface area contributed by atoms with E-state index >= 15 is 0 Å². The fourth-order valence-electron chi connectivity index (χ4n) is 7.46. The van der Waals surface area contributed by atoms with E-state index in [1.54, 1.807) is 48.5 Å². The average Bonchev–Trinajstić information content (AvgIpc) is 4.02. The summed E-state index contributed by atoms with van der Waals surface area (Å²) in [5.41, 5.74) is 9.11. The maximum Gasteiger partial charge on any atom is 0.335 e. The molecule has 3 aliphatic heterocycles. The molecule has 0 radical (unpaired) electrons. The van der Waals surface area contributed by atoms with E-state index in [0.29, 0.717) is 78.3 Å². The molecule has 0 spiro atoms. The van der Waals surface area contributed by atoms with Crippen LogP contribution in [0.15, 0.2) is 121 Å². The van der Waals surface area contributed by atoms with Gasteiger partial charge in [0.15, 0.2) is 0 Å². The molecule has 4 aromatic carbocycles. The molecule has 0 atom stereocenters. The quantitative estimate of drug-likeness (QED) is 0.107. The molecule has 12 heteroatoms. The van der Waals surface area contributed by atoms with Gasteiger partial charge in [0.05, 0.1) is 45.0 Å². The number of fused-ring (bicyclic) bond motifs is 6. The van der Waals surface area contributed by atoms with Gasteiger partial charge in [0.2, 0.25) is 0 Å². The number of benzene rings is 4. The van der Waals surface area contributed by atoms with Crippen LogP contribution >= 0.6 is 0 Å². The van der Waals surface area contributed by atoms with Crippen molar-refractivity contribution in [2.24, 2.45) is 0 Å². The van der Waals surface area contributed by atoms with Gasteiger partial charge >= 0.3 is 23.9 Å². The third-order valence-electron chi connectivity index (χ3n) is 10.4. The Morgan fingerprint density at radius 2 is 0.600 bits per heavy atom. The van der Waals surface area contributed by atoms with E-state index in [4.69, 9.17) is 15.0 Å². The fraction of sp³-hybridized carbons (Fsp3) is 0. The van der Waals surface area contributed by atoms with Crippen molar-refractivity contribution in [3.8, 4) is 44.5 Å². The summed E-state index contributed by atoms with van der Waals surface area (Å²) < 4.78 is 0. The van der Waals surface area contributed by atoms with Crippen molar-refractivity contribution >= 4 is 59.2 Å². The number of nitrogens with zero attached hydrogens (tertiary/aromatic N) is 3. The number of carboxylic acid groups (broad SMARTS) is 4. The number of aromatic carboxylic acids is 4. The van der Waals surface area contributed by atoms with Crippen LogP contribution in [0.25, 0.3) is 79.8 Å². The molecule has 11 nitrogen and oxygen atoms in total. The number of hydrogen-bond acceptors (Lipinski definition) is 6. The Morgan fingerprint density at radius 3 is 0.850 bits per heavy atom. The SMILES string of the molecule is O=C(O)c1ccc(-c2c3nc(c(-c4ccc(C(=O)O)cc4)c4ccc([n-]4)c(-c4ccc(C(=O)O)cc4)c4nc(c(-c5ccc(C(=O)O)cc5)c5ccc2=5)C=C4)C=C3)cc1.[Zn]. The van der Waals surface area contributed by atoms with Crippen LogP contribution in [0.5, 0.6) is 0 Å². The van der Waals surface area contributed by atoms with Gasteiger partial charge in [-0.25, -0.2) is 29.1 Å². The number of carbonyl (C=O) groups is 4. The predicted octanol–water partition coefficient (Wildman–Crippen LogP) is 9.42. The molecule has 1 aliphatic carbocycles. The molecule has 9 rings (SSSR count). The van der Waals surface area contributed by atoms with Crippen LogP contribution < -0.4 is 4.98 Å². The zero-order chi connectivity index (χ0) is 40.9. The van der Waals surface area contributed by atoms with Crippen molar-refractivity contribution in [1.82, 2.24) is 15.0 Å². The number of rotatable bonds is 8. The third-order valence-corrected chi connectivity index (χ3v) is 10.4. The van der Waals surface area contributed by atoms with Gasteiger partial charge in [-0.2, -0.15) is 0 Å². The Labute approximate surface area is 353 Å². The van der Waals surface area contributed by atoms with E-state index in [9.17, 15) is 39.6 Å². The molecule has 0 amide bonds. The van der Waals surface area contributed by atoms with Gasteiger partial charge in [-0.3, -0.25) is 0 Å². The van der Waals surface area contributed by atoms with Crippen LogP contribution in [-0.4, -0.2) is 54.3 Å². The maximum atomic E-state index is 11.9. The second kappa shape index (κ2) is 15.5. The molecule has 4 aliphatic rings. The van der Waals surface area contributed by atoms with E-state index in [0.717, 1.165) is 10.4 Å². The van der Waals surface area contributed by atoms with Gasteiger partial charge in [0.25, 0.3) is 0 Å². The minimum absolute atomic E-state index is 0. The first-order valence-electron chi connectivity index (χ1n) is 18.2. The molecular weight excluding hydrogens is 812 g/mol. The summed E-state index contributed by atoms with van der Waals surface area (Å²) in [5, 5.41) is 40.3. The second-order valence-electron chi connectivity index (χ2n) is 13.8. The summed E-state index contributed by atoms with van der Waals surface area (Å²) in [6.07, 6.45) is 7.46. The molecule has 0 fully saturated rings. The Bertz CT molecular complexity index is 2980. The standard InChI is InChI=1S/C48H29N3O8.Zn/c52-45(53)29-9-1-25(2-10-29)41-33-17-18-34(33)42(26-3-11-30(12-4-26)46(54)55)36-20-22-38(50-36)44(28-7-15-32(16-8-28)48(58)59)40-24-23-39(51-40)43(37-21-19-35(41)49-37)27-5-13-31(14-6-27)47(56)57;/h1-24H,(H5,49,50,51,52,53,54,55,56,57,58,59);/p-1. The molecule has 4 N–H and O–H groups in total. The van der Waals surface area contributed by atoms with Gasteiger partial charge in [-0.15, -0.1) is 11.0 Å². The van der Waals surface area contributed by atoms with Crippen LogP contribution in [-0.2, 0) is 19.5 Å². The van der Waals surface area contributed by atoms with Crippen molar-refractivity contribution in [2.45, 2.75) is 0 Å². The van der Waals surface area contributed by atoms with Crippen molar-refractivity contribution in [3.63, 3.8) is 0 Å². The second-order valence-corrected chi connectivity index (χ2v) is 13.8. The van der Waals surface area contributed by atoms with Gasteiger partial charge in [-0.05, 0) is 117 Å². The fourth-order valence-corrected chi connectivity index (χ4v) is 7.46. The summed E-state index contributed by atoms with van der Waals surface area (Å²) in [6.45, 7) is 0. The van der Waals surface area contributed by atoms with Crippen molar-refractivity contribution < 1.29 is 59.1 Å². The van der Waals surface area contributed by atoms with E-state index in [1.165, 1.54) is 48.5 Å². The van der Waals surface area contributed by atoms with Crippen LogP contribution in [0.4, 0.5) is 0 Å². The predicted molar refractivity (Wildman–Crippen MR) is 222 cm³/mol. The molecule has 0 unspecified atom stereocenters. The Kier molecular flexibility index (Phi) is 10.1. The molecule has 60 heavy (non-hydrogen) atoms. The minimum Gasteiger partial charge on any atom is -0.657 e. The molecule has 4 heterocycles. The van der Waals surface area contributed by atoms with Crippen molar-refractivity contribution in [2.75, 3.05) is 0 Å². The van der Waals surface area contributed by atoms with E-state index in [1.807, 2.05) is 48.6 Å². The molecule has 6 bridgehead atoms. The van der Waals surface area contributed by atoms with Crippen molar-refractivity contribution in [1.29, 1.82) is 0 Å². The van der Waals surface area contributed by atoms with Crippen molar-refractivity contribution in [3.05, 3.63) is 177 Å². The summed E-state index contributed by atoms with van der Waals surface area (Å²) in [4.78, 5) is 62.9. The topological polar surface area (TPSA) is 189 Å². The first-order valence-corrected chi connectivity index (χ1v) is 18.2. The van der Waals surface area contributed by atoms with E-state index in [-0.39, 0.29) is 41.7 Å². The summed E-state index contributed by atoms with van der Waals surface area (Å²) in [5.74, 6) is -4.27. The van der Waals surface area contributed by atoms with E-state index < -0.39 is 23.9 Å². The van der Waals surface area contributed by atoms with Crippen LogP contribution in [0, 0.1) is 10.4 Å². The summed E-state index contributed by atoms with van der Waals surface area (Å²) >= 11 is 0. The molecule has 286 valence electrons. The molecule has 0 saturated carbocycles. The van der Waals surface area contributed by atoms with Crippen LogP contribution in [0.2, 0.25) is 0 Å². The Balaban J connectivity index is 0.00000499. The van der Waals surface area contributed by atoms with Gasteiger partial charge in [0.1, 0.15) is 0 Å². The monoisotopic (exact) mass is 838 g/mol. The van der Waals surface area contributed by atoms with Gasteiger partial charge < -0.3 is 25.4 Å². The maximum absolute atomic E-state index is 11.9. The number of aromatic nitrogens is 3. The van der Waals surface area contributed by atoms with Gasteiger partial charge in [0, 0.05) is 30.6 Å². The van der Waals surface area contributed by atoms with Gasteiger partial charge in [-0.1, -0.05) is 72.8 Å². The number of hydrogen-bond donors (Lipinski definition) is 4. The van der Waals surface area contributed by atoms with Crippen LogP contribution in [0.3, 0.4) is 0 Å². The largest absolute Gasteiger partial charge is 0.657 e. The summed E-state index contributed by atoms with van der Waals surface area (Å²) in [7, 11) is 0. The number of carboxylic acids is 4. The molecule has 5 aromatic rings. The Hall–Kier alpha value is -7.82. The first-order chi connectivity index (χ1) is 28.5. The summed E-state index contributed by atoms with van der Waals surface area (Å²) in [6, 6.07) is 33.5. The van der Waals surface area contributed by atoms with Crippen LogP contribution in [0.1, 0.15) is 64.2 Å². The van der Waals surface area contributed by atoms with E-state index in [2.05, 4.69) is 0 Å². The smallest absolute Gasteiger partial charge is 0.335 e. The average molecular weight is 840 g/mol. The normalized spacial score (nSPS) is 11.6. The minimum atomic E-state index is -1.07. The zero-order valence-electron chi connectivity index (χ0n) is 31.3. The molecule has 1 aromatic heterocycles. The molecule has 0 saturated heterocycles.